The van der Waals surface area contributed by atoms with E-state index >= 15 is 0 Å². The van der Waals surface area contributed by atoms with Crippen molar-refractivity contribution in [2.45, 2.75) is 13.0 Å². The Labute approximate surface area is 138 Å². The summed E-state index contributed by atoms with van der Waals surface area (Å²) in [5, 5.41) is 14.2. The third-order valence-electron chi connectivity index (χ3n) is 3.64. The van der Waals surface area contributed by atoms with Gasteiger partial charge in [-0.05, 0) is 31.2 Å². The standard InChI is InChI=1S/C16H19N3O5/c1-9(15(22)17-8-14(20)21)18-16(23)13-7-10-6-11(24-3)4-5-12(10)19(13)2/h4-7,9H,8H2,1-3H3,(H,17,22)(H,18,23)(H,20,21). The molecule has 0 saturated carbocycles. The van der Waals surface area contributed by atoms with E-state index in [0.717, 1.165) is 10.9 Å². The number of aromatic nitrogens is 1. The summed E-state index contributed by atoms with van der Waals surface area (Å²) >= 11 is 0. The molecule has 1 aromatic heterocycles. The van der Waals surface area contributed by atoms with Gasteiger partial charge in [0.05, 0.1) is 7.11 Å². The Kier molecular flexibility index (Phi) is 5.08. The fourth-order valence-corrected chi connectivity index (χ4v) is 2.32. The molecule has 0 fully saturated rings. The summed E-state index contributed by atoms with van der Waals surface area (Å²) in [6, 6.07) is 6.30. The number of nitrogens with one attached hydrogen (secondary N) is 2. The number of hydrogen-bond donors (Lipinski definition) is 3. The van der Waals surface area contributed by atoms with E-state index in [1.165, 1.54) is 6.92 Å². The van der Waals surface area contributed by atoms with Gasteiger partial charge < -0.3 is 25.0 Å². The SMILES string of the molecule is COc1ccc2c(c1)cc(C(=O)NC(C)C(=O)NCC(=O)O)n2C. The number of rotatable bonds is 6. The number of carbonyl (C=O) groups is 3. The second kappa shape index (κ2) is 7.03. The van der Waals surface area contributed by atoms with E-state index in [2.05, 4.69) is 10.6 Å². The molecule has 1 atom stereocenters. The molecule has 2 amide bonds. The molecular weight excluding hydrogens is 314 g/mol. The number of fused-ring (bicyclic) bond motifs is 1. The van der Waals surface area contributed by atoms with Crippen LogP contribution in [-0.2, 0) is 16.6 Å². The molecule has 0 aliphatic rings. The predicted molar refractivity (Wildman–Crippen MR) is 87.0 cm³/mol. The number of carboxylic acid groups (broad SMARTS) is 1. The minimum absolute atomic E-state index is 0.385. The van der Waals surface area contributed by atoms with Crippen LogP contribution in [0.5, 0.6) is 5.75 Å². The molecule has 1 unspecified atom stereocenters. The topological polar surface area (TPSA) is 110 Å². The average molecular weight is 333 g/mol. The molecular formula is C16H19N3O5. The van der Waals surface area contributed by atoms with Crippen molar-refractivity contribution in [3.05, 3.63) is 30.0 Å². The van der Waals surface area contributed by atoms with Crippen LogP contribution in [0.3, 0.4) is 0 Å². The Balaban J connectivity index is 2.14. The number of aliphatic carboxylic acids is 1. The average Bonchev–Trinajstić information content (AvgIpc) is 2.88. The molecule has 2 aromatic rings. The van der Waals surface area contributed by atoms with E-state index < -0.39 is 30.4 Å². The number of carboxylic acids is 1. The lowest BCUT2D eigenvalue weighted by atomic mass is 10.2. The van der Waals surface area contributed by atoms with Crippen LogP contribution in [0.2, 0.25) is 0 Å². The maximum Gasteiger partial charge on any atom is 0.322 e. The van der Waals surface area contributed by atoms with Crippen molar-refractivity contribution in [2.75, 3.05) is 13.7 Å². The first kappa shape index (κ1) is 17.3. The summed E-state index contributed by atoms with van der Waals surface area (Å²) in [4.78, 5) is 34.6. The molecule has 0 aliphatic carbocycles. The van der Waals surface area contributed by atoms with Gasteiger partial charge in [-0.1, -0.05) is 0 Å². The third kappa shape index (κ3) is 3.65. The highest BCUT2D eigenvalue weighted by Gasteiger charge is 2.20. The second-order valence-electron chi connectivity index (χ2n) is 5.32. The van der Waals surface area contributed by atoms with E-state index in [9.17, 15) is 14.4 Å². The molecule has 0 saturated heterocycles. The van der Waals surface area contributed by atoms with Crippen molar-refractivity contribution in [3.63, 3.8) is 0 Å². The third-order valence-corrected chi connectivity index (χ3v) is 3.64. The van der Waals surface area contributed by atoms with Crippen LogP contribution < -0.4 is 15.4 Å². The van der Waals surface area contributed by atoms with E-state index in [-0.39, 0.29) is 0 Å². The van der Waals surface area contributed by atoms with Crippen molar-refractivity contribution in [3.8, 4) is 5.75 Å². The van der Waals surface area contributed by atoms with Crippen LogP contribution in [0.25, 0.3) is 10.9 Å². The predicted octanol–water partition coefficient (Wildman–Crippen LogP) is 0.506. The Hall–Kier alpha value is -3.03. The molecule has 2 rings (SSSR count). The molecule has 0 bridgehead atoms. The van der Waals surface area contributed by atoms with Crippen LogP contribution in [0.15, 0.2) is 24.3 Å². The number of nitrogens with zero attached hydrogens (tertiary/aromatic N) is 1. The molecule has 3 N–H and O–H groups in total. The molecule has 8 nitrogen and oxygen atoms in total. The zero-order valence-electron chi connectivity index (χ0n) is 13.6. The second-order valence-corrected chi connectivity index (χ2v) is 5.32. The molecule has 0 radical (unpaired) electrons. The van der Waals surface area contributed by atoms with E-state index in [0.29, 0.717) is 11.4 Å². The minimum atomic E-state index is -1.15. The number of amides is 2. The van der Waals surface area contributed by atoms with Gasteiger partial charge in [0.1, 0.15) is 24.0 Å². The summed E-state index contributed by atoms with van der Waals surface area (Å²) in [6.07, 6.45) is 0. The number of aryl methyl sites for hydroxylation is 1. The minimum Gasteiger partial charge on any atom is -0.497 e. The van der Waals surface area contributed by atoms with Gasteiger partial charge in [0, 0.05) is 18.0 Å². The number of hydrogen-bond acceptors (Lipinski definition) is 4. The monoisotopic (exact) mass is 333 g/mol. The lowest BCUT2D eigenvalue weighted by Gasteiger charge is -2.13. The highest BCUT2D eigenvalue weighted by molar-refractivity contribution is 6.01. The van der Waals surface area contributed by atoms with Gasteiger partial charge >= 0.3 is 5.97 Å². The van der Waals surface area contributed by atoms with Gasteiger partial charge in [0.15, 0.2) is 0 Å². The van der Waals surface area contributed by atoms with Crippen molar-refractivity contribution in [1.29, 1.82) is 0 Å². The first-order valence-electron chi connectivity index (χ1n) is 7.27. The number of carbonyl (C=O) groups excluding carboxylic acids is 2. The summed E-state index contributed by atoms with van der Waals surface area (Å²) in [7, 11) is 3.31. The van der Waals surface area contributed by atoms with Crippen molar-refractivity contribution in [1.82, 2.24) is 15.2 Å². The van der Waals surface area contributed by atoms with Crippen LogP contribution in [0, 0.1) is 0 Å². The summed E-state index contributed by atoms with van der Waals surface area (Å²) in [5.74, 6) is -1.46. The zero-order valence-corrected chi connectivity index (χ0v) is 13.6. The van der Waals surface area contributed by atoms with Crippen molar-refractivity contribution >= 4 is 28.7 Å². The van der Waals surface area contributed by atoms with E-state index in [1.807, 2.05) is 12.1 Å². The van der Waals surface area contributed by atoms with Crippen LogP contribution in [-0.4, -0.2) is 47.2 Å². The zero-order chi connectivity index (χ0) is 17.9. The molecule has 128 valence electrons. The van der Waals surface area contributed by atoms with Crippen molar-refractivity contribution in [2.24, 2.45) is 7.05 Å². The maximum atomic E-state index is 12.4. The Bertz CT molecular complexity index is 796. The number of benzene rings is 1. The summed E-state index contributed by atoms with van der Waals surface area (Å²) in [5.41, 5.74) is 1.24. The normalized spacial score (nSPS) is 11.8. The molecule has 24 heavy (non-hydrogen) atoms. The number of ether oxygens (including phenoxy) is 1. The van der Waals surface area contributed by atoms with Gasteiger partial charge in [-0.15, -0.1) is 0 Å². The summed E-state index contributed by atoms with van der Waals surface area (Å²) in [6.45, 7) is 0.994. The van der Waals surface area contributed by atoms with Gasteiger partial charge in [0.25, 0.3) is 5.91 Å². The Morgan fingerprint density at radius 2 is 2.00 bits per heavy atom. The van der Waals surface area contributed by atoms with E-state index in [1.54, 1.807) is 30.9 Å². The van der Waals surface area contributed by atoms with Gasteiger partial charge in [-0.25, -0.2) is 0 Å². The first-order valence-corrected chi connectivity index (χ1v) is 7.27. The first-order chi connectivity index (χ1) is 11.3. The maximum absolute atomic E-state index is 12.4. The lowest BCUT2D eigenvalue weighted by Crippen LogP contribution is -2.46. The quantitative estimate of drug-likeness (QED) is 0.713. The van der Waals surface area contributed by atoms with Crippen LogP contribution in [0.1, 0.15) is 17.4 Å². The van der Waals surface area contributed by atoms with Gasteiger partial charge in [-0.3, -0.25) is 14.4 Å². The van der Waals surface area contributed by atoms with Crippen LogP contribution >= 0.6 is 0 Å². The highest BCUT2D eigenvalue weighted by atomic mass is 16.5. The molecule has 0 spiro atoms. The lowest BCUT2D eigenvalue weighted by molar-refractivity contribution is -0.138. The summed E-state index contributed by atoms with van der Waals surface area (Å²) < 4.78 is 6.88. The van der Waals surface area contributed by atoms with Crippen LogP contribution in [0.4, 0.5) is 0 Å². The molecule has 1 heterocycles. The van der Waals surface area contributed by atoms with Gasteiger partial charge in [0.2, 0.25) is 5.91 Å². The highest BCUT2D eigenvalue weighted by Crippen LogP contribution is 2.23. The molecule has 0 aliphatic heterocycles. The van der Waals surface area contributed by atoms with Gasteiger partial charge in [-0.2, -0.15) is 0 Å². The fraction of sp³-hybridized carbons (Fsp3) is 0.312. The molecule has 1 aromatic carbocycles. The Morgan fingerprint density at radius 3 is 2.62 bits per heavy atom. The fourth-order valence-electron chi connectivity index (χ4n) is 2.32. The number of methoxy groups -OCH3 is 1. The van der Waals surface area contributed by atoms with Crippen molar-refractivity contribution < 1.29 is 24.2 Å². The smallest absolute Gasteiger partial charge is 0.322 e. The Morgan fingerprint density at radius 1 is 1.29 bits per heavy atom. The largest absolute Gasteiger partial charge is 0.497 e. The molecule has 8 heteroatoms. The van der Waals surface area contributed by atoms with E-state index in [4.69, 9.17) is 9.84 Å².